The fraction of sp³-hybridized carbons (Fsp3) is 0.294. The Morgan fingerprint density at radius 3 is 2.38 bits per heavy atom. The Balaban J connectivity index is 1.76. The summed E-state index contributed by atoms with van der Waals surface area (Å²) in [5.41, 5.74) is 3.21. The Kier molecular flexibility index (Phi) is 5.46. The molecule has 2 N–H and O–H groups in total. The molecule has 0 aliphatic heterocycles. The summed E-state index contributed by atoms with van der Waals surface area (Å²) in [6.45, 7) is 5.24. The van der Waals surface area contributed by atoms with Gasteiger partial charge < -0.3 is 10.6 Å². The average molecular weight is 283 g/mol. The van der Waals surface area contributed by atoms with E-state index in [9.17, 15) is 4.79 Å². The Labute approximate surface area is 125 Å². The zero-order chi connectivity index (χ0) is 15.1. The molecule has 0 spiro atoms. The maximum Gasteiger partial charge on any atom is 0.238 e. The molecule has 0 saturated heterocycles. The number of carbonyl (C=O) groups is 1. The zero-order valence-corrected chi connectivity index (χ0v) is 12.5. The van der Waals surface area contributed by atoms with E-state index in [4.69, 9.17) is 0 Å². The van der Waals surface area contributed by atoms with E-state index < -0.39 is 0 Å². The van der Waals surface area contributed by atoms with Crippen molar-refractivity contribution in [2.45, 2.75) is 26.3 Å². The van der Waals surface area contributed by atoms with Crippen molar-refractivity contribution < 1.29 is 4.79 Å². The van der Waals surface area contributed by atoms with E-state index in [1.54, 1.807) is 12.4 Å². The summed E-state index contributed by atoms with van der Waals surface area (Å²) in [6.07, 6.45) is 3.49. The number of amides is 1. The summed E-state index contributed by atoms with van der Waals surface area (Å²) in [4.78, 5) is 15.8. The van der Waals surface area contributed by atoms with Gasteiger partial charge in [0.2, 0.25) is 5.91 Å². The first-order valence-electron chi connectivity index (χ1n) is 7.14. The molecule has 0 unspecified atom stereocenters. The number of aromatic nitrogens is 1. The highest BCUT2D eigenvalue weighted by atomic mass is 16.1. The minimum atomic E-state index is -0.0404. The van der Waals surface area contributed by atoms with Crippen molar-refractivity contribution in [3.05, 3.63) is 59.9 Å². The van der Waals surface area contributed by atoms with Crippen molar-refractivity contribution in [3.8, 4) is 0 Å². The number of hydrogen-bond acceptors (Lipinski definition) is 3. The third-order valence-electron chi connectivity index (χ3n) is 3.23. The van der Waals surface area contributed by atoms with Crippen LogP contribution in [0.5, 0.6) is 0 Å². The summed E-state index contributed by atoms with van der Waals surface area (Å²) in [5.74, 6) is 0.457. The maximum atomic E-state index is 11.8. The van der Waals surface area contributed by atoms with Gasteiger partial charge in [0.15, 0.2) is 0 Å². The molecular formula is C17H21N3O. The summed E-state index contributed by atoms with van der Waals surface area (Å²) in [5, 5.41) is 5.99. The number of hydrogen-bond donors (Lipinski definition) is 2. The molecule has 2 rings (SSSR count). The number of nitrogens with zero attached hydrogens (tertiary/aromatic N) is 1. The van der Waals surface area contributed by atoms with Gasteiger partial charge in [0.25, 0.3) is 0 Å². The lowest BCUT2D eigenvalue weighted by atomic mass is 10.0. The van der Waals surface area contributed by atoms with Crippen LogP contribution in [-0.4, -0.2) is 17.4 Å². The average Bonchev–Trinajstić information content (AvgIpc) is 2.49. The van der Waals surface area contributed by atoms with Gasteiger partial charge in [-0.1, -0.05) is 26.0 Å². The largest absolute Gasteiger partial charge is 0.325 e. The highest BCUT2D eigenvalue weighted by Crippen LogP contribution is 2.16. The normalized spacial score (nSPS) is 10.6. The van der Waals surface area contributed by atoms with Crippen LogP contribution in [0.3, 0.4) is 0 Å². The van der Waals surface area contributed by atoms with E-state index in [2.05, 4.69) is 29.5 Å². The number of rotatable bonds is 6. The Morgan fingerprint density at radius 1 is 1.10 bits per heavy atom. The molecule has 0 saturated carbocycles. The molecule has 110 valence electrons. The van der Waals surface area contributed by atoms with Gasteiger partial charge >= 0.3 is 0 Å². The predicted molar refractivity (Wildman–Crippen MR) is 85.1 cm³/mol. The molecule has 1 heterocycles. The number of nitrogens with one attached hydrogen (secondary N) is 2. The van der Waals surface area contributed by atoms with E-state index in [-0.39, 0.29) is 12.5 Å². The maximum absolute atomic E-state index is 11.8. The molecule has 0 bridgehead atoms. The summed E-state index contributed by atoms with van der Waals surface area (Å²) in [7, 11) is 0. The third-order valence-corrected chi connectivity index (χ3v) is 3.23. The molecule has 0 radical (unpaired) electrons. The molecule has 1 aromatic heterocycles. The van der Waals surface area contributed by atoms with Crippen molar-refractivity contribution in [1.29, 1.82) is 0 Å². The number of benzene rings is 1. The van der Waals surface area contributed by atoms with Gasteiger partial charge in [-0.2, -0.15) is 0 Å². The molecule has 1 amide bonds. The minimum Gasteiger partial charge on any atom is -0.325 e. The number of pyridine rings is 1. The summed E-state index contributed by atoms with van der Waals surface area (Å²) < 4.78 is 0. The summed E-state index contributed by atoms with van der Waals surface area (Å²) in [6, 6.07) is 11.8. The number of anilines is 1. The highest BCUT2D eigenvalue weighted by Gasteiger charge is 2.03. The standard InChI is InChI=1S/C17H21N3O/c1-13(2)15-3-5-16(6-4-15)20-17(21)12-19-11-14-7-9-18-10-8-14/h3-10,13,19H,11-12H2,1-2H3,(H,20,21). The van der Waals surface area contributed by atoms with E-state index in [1.165, 1.54) is 5.56 Å². The first-order valence-corrected chi connectivity index (χ1v) is 7.14. The monoisotopic (exact) mass is 283 g/mol. The molecule has 1 aromatic carbocycles. The smallest absolute Gasteiger partial charge is 0.238 e. The van der Waals surface area contributed by atoms with Gasteiger partial charge in [-0.15, -0.1) is 0 Å². The quantitative estimate of drug-likeness (QED) is 0.857. The molecule has 2 aromatic rings. The molecule has 0 aliphatic rings. The van der Waals surface area contributed by atoms with Crippen LogP contribution < -0.4 is 10.6 Å². The molecule has 0 fully saturated rings. The van der Waals surface area contributed by atoms with E-state index in [0.717, 1.165) is 11.3 Å². The van der Waals surface area contributed by atoms with Crippen LogP contribution in [0.15, 0.2) is 48.8 Å². The van der Waals surface area contributed by atoms with Crippen molar-refractivity contribution >= 4 is 11.6 Å². The van der Waals surface area contributed by atoms with Crippen molar-refractivity contribution in [2.24, 2.45) is 0 Å². The minimum absolute atomic E-state index is 0.0404. The first kappa shape index (κ1) is 15.2. The van der Waals surface area contributed by atoms with Gasteiger partial charge in [0.05, 0.1) is 6.54 Å². The van der Waals surface area contributed by atoms with Gasteiger partial charge in [0, 0.05) is 24.6 Å². The van der Waals surface area contributed by atoms with Gasteiger partial charge in [-0.25, -0.2) is 0 Å². The Bertz CT molecular complexity index is 564. The zero-order valence-electron chi connectivity index (χ0n) is 12.5. The summed E-state index contributed by atoms with van der Waals surface area (Å²) >= 11 is 0. The molecular weight excluding hydrogens is 262 g/mol. The second kappa shape index (κ2) is 7.55. The Morgan fingerprint density at radius 2 is 1.76 bits per heavy atom. The second-order valence-corrected chi connectivity index (χ2v) is 5.28. The van der Waals surface area contributed by atoms with Gasteiger partial charge in [0.1, 0.15) is 0 Å². The van der Waals surface area contributed by atoms with Crippen LogP contribution in [0, 0.1) is 0 Å². The highest BCUT2D eigenvalue weighted by molar-refractivity contribution is 5.92. The van der Waals surface area contributed by atoms with E-state index in [0.29, 0.717) is 12.5 Å². The predicted octanol–water partition coefficient (Wildman–Crippen LogP) is 2.93. The van der Waals surface area contributed by atoms with Crippen LogP contribution in [-0.2, 0) is 11.3 Å². The van der Waals surface area contributed by atoms with Crippen LogP contribution >= 0.6 is 0 Å². The van der Waals surface area contributed by atoms with Crippen molar-refractivity contribution in [1.82, 2.24) is 10.3 Å². The third kappa shape index (κ3) is 5.00. The molecule has 4 nitrogen and oxygen atoms in total. The van der Waals surface area contributed by atoms with Gasteiger partial charge in [-0.3, -0.25) is 9.78 Å². The Hall–Kier alpha value is -2.20. The van der Waals surface area contributed by atoms with E-state index >= 15 is 0 Å². The van der Waals surface area contributed by atoms with Crippen LogP contribution in [0.4, 0.5) is 5.69 Å². The molecule has 21 heavy (non-hydrogen) atoms. The van der Waals surface area contributed by atoms with Crippen molar-refractivity contribution in [2.75, 3.05) is 11.9 Å². The lowest BCUT2D eigenvalue weighted by molar-refractivity contribution is -0.115. The first-order chi connectivity index (χ1) is 10.1. The fourth-order valence-electron chi connectivity index (χ4n) is 1.98. The molecule has 4 heteroatoms. The fourth-order valence-corrected chi connectivity index (χ4v) is 1.98. The van der Waals surface area contributed by atoms with Crippen LogP contribution in [0.2, 0.25) is 0 Å². The van der Waals surface area contributed by atoms with E-state index in [1.807, 2.05) is 36.4 Å². The van der Waals surface area contributed by atoms with Crippen LogP contribution in [0.25, 0.3) is 0 Å². The lowest BCUT2D eigenvalue weighted by Crippen LogP contribution is -2.27. The molecule has 0 atom stereocenters. The van der Waals surface area contributed by atoms with Crippen LogP contribution in [0.1, 0.15) is 30.9 Å². The second-order valence-electron chi connectivity index (χ2n) is 5.28. The molecule has 0 aliphatic carbocycles. The van der Waals surface area contributed by atoms with Gasteiger partial charge in [-0.05, 0) is 41.3 Å². The SMILES string of the molecule is CC(C)c1ccc(NC(=O)CNCc2ccncc2)cc1. The lowest BCUT2D eigenvalue weighted by Gasteiger charge is -2.09. The number of carbonyl (C=O) groups excluding carboxylic acids is 1. The van der Waals surface area contributed by atoms with Crippen molar-refractivity contribution in [3.63, 3.8) is 0 Å². The topological polar surface area (TPSA) is 54.0 Å².